The van der Waals surface area contributed by atoms with Gasteiger partial charge in [-0.3, -0.25) is 0 Å². The van der Waals surface area contributed by atoms with Crippen molar-refractivity contribution in [2.45, 2.75) is 14.8 Å². The van der Waals surface area contributed by atoms with Gasteiger partial charge < -0.3 is 0 Å². The van der Waals surface area contributed by atoms with Gasteiger partial charge in [0.2, 0.25) is 0 Å². The van der Waals surface area contributed by atoms with Gasteiger partial charge in [-0.25, -0.2) is 0 Å². The fourth-order valence-corrected chi connectivity index (χ4v) is 5.24. The van der Waals surface area contributed by atoms with Crippen molar-refractivity contribution in [3.05, 3.63) is 24.3 Å². The standard InChI is InChI=1S/C6H5O.3CH3.Sn/c7-6-4-2-1-3-5-6;;;;/h1-4,7H;3*1H3;. The zero-order valence-corrected chi connectivity index (χ0v) is 10.1. The van der Waals surface area contributed by atoms with Crippen LogP contribution in [0.1, 0.15) is 0 Å². The predicted molar refractivity (Wildman–Crippen MR) is 51.1 cm³/mol. The number of rotatable bonds is 1. The Bertz CT molecular complexity index is 250. The molecule has 0 aliphatic carbocycles. The van der Waals surface area contributed by atoms with Gasteiger partial charge in [0.05, 0.1) is 0 Å². The zero-order valence-electron chi connectivity index (χ0n) is 7.26. The number of benzene rings is 1. The van der Waals surface area contributed by atoms with E-state index in [1.54, 1.807) is 6.07 Å². The second-order valence-corrected chi connectivity index (χ2v) is 18.1. The molecule has 0 atom stereocenters. The molecule has 0 aliphatic rings. The Morgan fingerprint density at radius 3 is 2.00 bits per heavy atom. The van der Waals surface area contributed by atoms with Gasteiger partial charge in [-0.05, 0) is 0 Å². The van der Waals surface area contributed by atoms with Crippen LogP contribution in [0.25, 0.3) is 0 Å². The Kier molecular flexibility index (Phi) is 2.47. The van der Waals surface area contributed by atoms with E-state index in [1.165, 1.54) is 3.58 Å². The summed E-state index contributed by atoms with van der Waals surface area (Å²) in [7, 11) is 0. The summed E-state index contributed by atoms with van der Waals surface area (Å²) in [6.45, 7) is 0. The van der Waals surface area contributed by atoms with Crippen molar-refractivity contribution in [1.29, 1.82) is 0 Å². The first-order valence-corrected chi connectivity index (χ1v) is 13.8. The van der Waals surface area contributed by atoms with Crippen molar-refractivity contribution in [2.75, 3.05) is 0 Å². The fourth-order valence-electron chi connectivity index (χ4n) is 1.11. The third kappa shape index (κ3) is 2.12. The van der Waals surface area contributed by atoms with Crippen LogP contribution in [-0.4, -0.2) is 23.5 Å². The van der Waals surface area contributed by atoms with Gasteiger partial charge in [0.1, 0.15) is 0 Å². The van der Waals surface area contributed by atoms with E-state index in [1.807, 2.05) is 18.2 Å². The summed E-state index contributed by atoms with van der Waals surface area (Å²) in [6.07, 6.45) is 0. The summed E-state index contributed by atoms with van der Waals surface area (Å²) in [4.78, 5) is 6.89. The molecule has 0 saturated carbocycles. The Balaban J connectivity index is 3.14. The summed E-state index contributed by atoms with van der Waals surface area (Å²) in [5.41, 5.74) is 0. The molecule has 0 saturated heterocycles. The summed E-state index contributed by atoms with van der Waals surface area (Å²) in [5.74, 6) is 0.482. The monoisotopic (exact) mass is 258 g/mol. The molecule has 0 radical (unpaired) electrons. The first-order valence-electron chi connectivity index (χ1n) is 3.80. The van der Waals surface area contributed by atoms with Crippen molar-refractivity contribution in [3.63, 3.8) is 0 Å². The molecule has 1 aromatic carbocycles. The number of hydrogen-bond donors (Lipinski definition) is 1. The van der Waals surface area contributed by atoms with Gasteiger partial charge in [0.15, 0.2) is 0 Å². The molecular formula is C9H14OSn. The molecule has 0 fully saturated rings. The summed E-state index contributed by atoms with van der Waals surface area (Å²) in [6, 6.07) is 7.69. The van der Waals surface area contributed by atoms with E-state index in [9.17, 15) is 5.11 Å². The van der Waals surface area contributed by atoms with Crippen LogP contribution in [0.15, 0.2) is 24.3 Å². The first kappa shape index (κ1) is 8.91. The third-order valence-corrected chi connectivity index (χ3v) is 7.53. The second kappa shape index (κ2) is 3.05. The normalized spacial score (nSPS) is 11.5. The van der Waals surface area contributed by atoms with E-state index in [0.717, 1.165) is 0 Å². The van der Waals surface area contributed by atoms with Gasteiger partial charge >= 0.3 is 71.9 Å². The van der Waals surface area contributed by atoms with Crippen LogP contribution >= 0.6 is 0 Å². The number of para-hydroxylation sites is 1. The van der Waals surface area contributed by atoms with Crippen molar-refractivity contribution in [1.82, 2.24) is 0 Å². The molecule has 60 valence electrons. The minimum absolute atomic E-state index is 0.482. The van der Waals surface area contributed by atoms with E-state index in [-0.39, 0.29) is 0 Å². The zero-order chi connectivity index (χ0) is 8.48. The average molecular weight is 257 g/mol. The van der Waals surface area contributed by atoms with E-state index >= 15 is 0 Å². The average Bonchev–Trinajstić information content (AvgIpc) is 1.86. The molecule has 1 aromatic rings. The Morgan fingerprint density at radius 1 is 1.09 bits per heavy atom. The van der Waals surface area contributed by atoms with Gasteiger partial charge in [-0.2, -0.15) is 0 Å². The Hall–Kier alpha value is -0.181. The van der Waals surface area contributed by atoms with Crippen LogP contribution in [0, 0.1) is 0 Å². The van der Waals surface area contributed by atoms with E-state index in [0.29, 0.717) is 5.75 Å². The van der Waals surface area contributed by atoms with Gasteiger partial charge in [0.25, 0.3) is 0 Å². The fraction of sp³-hybridized carbons (Fsp3) is 0.333. The molecule has 0 aromatic heterocycles. The molecular weight excluding hydrogens is 243 g/mol. The van der Waals surface area contributed by atoms with E-state index in [4.69, 9.17) is 0 Å². The number of phenols is 1. The van der Waals surface area contributed by atoms with Gasteiger partial charge in [0, 0.05) is 0 Å². The molecule has 0 bridgehead atoms. The maximum atomic E-state index is 9.50. The van der Waals surface area contributed by atoms with Crippen LogP contribution < -0.4 is 3.58 Å². The van der Waals surface area contributed by atoms with Crippen LogP contribution in [0.5, 0.6) is 5.75 Å². The molecule has 11 heavy (non-hydrogen) atoms. The SMILES string of the molecule is [CH3][Sn]([CH3])([CH3])[c]1ccccc1O. The van der Waals surface area contributed by atoms with Crippen molar-refractivity contribution in [3.8, 4) is 5.75 Å². The molecule has 0 unspecified atom stereocenters. The predicted octanol–water partition coefficient (Wildman–Crippen LogP) is 1.94. The number of phenolic OH excluding ortho intramolecular Hbond substituents is 1. The van der Waals surface area contributed by atoms with E-state index in [2.05, 4.69) is 14.8 Å². The molecule has 0 spiro atoms. The van der Waals surface area contributed by atoms with Crippen LogP contribution in [0.4, 0.5) is 0 Å². The topological polar surface area (TPSA) is 20.2 Å². The molecule has 0 heterocycles. The molecule has 2 heteroatoms. The maximum absolute atomic E-state index is 9.50. The summed E-state index contributed by atoms with van der Waals surface area (Å²) >= 11 is -2.02. The Morgan fingerprint density at radius 2 is 1.64 bits per heavy atom. The van der Waals surface area contributed by atoms with Crippen LogP contribution in [0.3, 0.4) is 0 Å². The first-order chi connectivity index (χ1) is 5.02. The second-order valence-electron chi connectivity index (χ2n) is 3.77. The number of aromatic hydroxyl groups is 1. The molecule has 1 N–H and O–H groups in total. The van der Waals surface area contributed by atoms with Gasteiger partial charge in [-0.15, -0.1) is 0 Å². The third-order valence-electron chi connectivity index (χ3n) is 1.71. The van der Waals surface area contributed by atoms with Crippen molar-refractivity contribution >= 4 is 22.0 Å². The molecule has 0 amide bonds. The Labute approximate surface area is 71.9 Å². The van der Waals surface area contributed by atoms with Crippen LogP contribution in [-0.2, 0) is 0 Å². The van der Waals surface area contributed by atoms with Gasteiger partial charge in [-0.1, -0.05) is 0 Å². The van der Waals surface area contributed by atoms with Crippen LogP contribution in [0.2, 0.25) is 14.8 Å². The van der Waals surface area contributed by atoms with Crippen molar-refractivity contribution in [2.24, 2.45) is 0 Å². The molecule has 0 aliphatic heterocycles. The number of hydrogen-bond acceptors (Lipinski definition) is 1. The molecule has 1 nitrogen and oxygen atoms in total. The minimum atomic E-state index is -2.02. The van der Waals surface area contributed by atoms with E-state index < -0.39 is 18.4 Å². The molecule has 1 rings (SSSR count). The van der Waals surface area contributed by atoms with Crippen molar-refractivity contribution < 1.29 is 5.11 Å². The summed E-state index contributed by atoms with van der Waals surface area (Å²) < 4.78 is 1.21. The summed E-state index contributed by atoms with van der Waals surface area (Å²) in [5, 5.41) is 9.50. The quantitative estimate of drug-likeness (QED) is 0.762.